The third-order valence-electron chi connectivity index (χ3n) is 3.03. The first kappa shape index (κ1) is 13.7. The van der Waals surface area contributed by atoms with Gasteiger partial charge in [0.1, 0.15) is 5.82 Å². The van der Waals surface area contributed by atoms with Crippen molar-refractivity contribution in [2.75, 3.05) is 5.32 Å². The van der Waals surface area contributed by atoms with Gasteiger partial charge in [-0.3, -0.25) is 5.32 Å². The Labute approximate surface area is 125 Å². The molecule has 2 N–H and O–H groups in total. The highest BCUT2D eigenvalue weighted by molar-refractivity contribution is 5.89. The SMILES string of the molecule is Cc1cccnc1NC(=O)Oc1nnc2ccccc2c1O. The van der Waals surface area contributed by atoms with Gasteiger partial charge in [-0.2, -0.15) is 0 Å². The third-order valence-corrected chi connectivity index (χ3v) is 3.03. The molecule has 0 aliphatic heterocycles. The van der Waals surface area contributed by atoms with Crippen LogP contribution < -0.4 is 10.1 Å². The van der Waals surface area contributed by atoms with E-state index in [-0.39, 0.29) is 11.6 Å². The second kappa shape index (κ2) is 5.65. The van der Waals surface area contributed by atoms with E-state index in [1.54, 1.807) is 49.5 Å². The van der Waals surface area contributed by atoms with Crippen molar-refractivity contribution in [1.29, 1.82) is 0 Å². The molecule has 0 atom stereocenters. The van der Waals surface area contributed by atoms with E-state index in [0.717, 1.165) is 5.56 Å². The van der Waals surface area contributed by atoms with Crippen LogP contribution >= 0.6 is 0 Å². The molecule has 22 heavy (non-hydrogen) atoms. The molecular weight excluding hydrogens is 284 g/mol. The normalized spacial score (nSPS) is 10.4. The summed E-state index contributed by atoms with van der Waals surface area (Å²) in [5.74, 6) is -0.121. The molecule has 0 saturated carbocycles. The predicted octanol–water partition coefficient (Wildman–Crippen LogP) is 2.65. The molecule has 7 nitrogen and oxygen atoms in total. The topological polar surface area (TPSA) is 97.2 Å². The molecule has 2 aromatic heterocycles. The molecule has 0 spiro atoms. The maximum atomic E-state index is 11.9. The van der Waals surface area contributed by atoms with Crippen LogP contribution in [0.4, 0.5) is 10.6 Å². The molecule has 3 aromatic rings. The van der Waals surface area contributed by atoms with Gasteiger partial charge >= 0.3 is 6.09 Å². The number of hydrogen-bond acceptors (Lipinski definition) is 6. The molecule has 3 rings (SSSR count). The van der Waals surface area contributed by atoms with Crippen LogP contribution in [0.15, 0.2) is 42.6 Å². The van der Waals surface area contributed by atoms with E-state index in [1.165, 1.54) is 0 Å². The Morgan fingerprint density at radius 3 is 2.82 bits per heavy atom. The number of amides is 1. The molecule has 0 bridgehead atoms. The number of nitrogens with one attached hydrogen (secondary N) is 1. The molecule has 0 aliphatic carbocycles. The van der Waals surface area contributed by atoms with Crippen LogP contribution in [0.5, 0.6) is 11.6 Å². The van der Waals surface area contributed by atoms with E-state index in [4.69, 9.17) is 4.74 Å². The standard InChI is InChI=1S/C15H12N4O3/c1-9-5-4-8-16-13(9)17-15(21)22-14-12(20)10-6-2-3-7-11(10)18-19-14/h2-8H,1H3,(H,18,20)(H,16,17,21). The second-order valence-electron chi connectivity index (χ2n) is 4.55. The zero-order valence-corrected chi connectivity index (χ0v) is 11.6. The molecule has 0 unspecified atom stereocenters. The summed E-state index contributed by atoms with van der Waals surface area (Å²) in [5.41, 5.74) is 1.29. The summed E-state index contributed by atoms with van der Waals surface area (Å²) in [6, 6.07) is 10.4. The molecule has 0 radical (unpaired) electrons. The molecule has 0 saturated heterocycles. The molecule has 2 heterocycles. The van der Waals surface area contributed by atoms with Gasteiger partial charge in [-0.15, -0.1) is 10.2 Å². The number of ether oxygens (including phenoxy) is 1. The van der Waals surface area contributed by atoms with Gasteiger partial charge in [-0.1, -0.05) is 18.2 Å². The molecule has 1 aromatic carbocycles. The zero-order valence-electron chi connectivity index (χ0n) is 11.6. The summed E-state index contributed by atoms with van der Waals surface area (Å²) in [4.78, 5) is 15.9. The largest absolute Gasteiger partial charge is 0.503 e. The monoisotopic (exact) mass is 296 g/mol. The predicted molar refractivity (Wildman–Crippen MR) is 79.8 cm³/mol. The van der Waals surface area contributed by atoms with Gasteiger partial charge in [0.25, 0.3) is 5.88 Å². The maximum Gasteiger partial charge on any atom is 0.419 e. The Balaban J connectivity index is 1.83. The molecular formula is C15H12N4O3. The van der Waals surface area contributed by atoms with Crippen LogP contribution in [-0.2, 0) is 0 Å². The van der Waals surface area contributed by atoms with E-state index < -0.39 is 6.09 Å². The fourth-order valence-electron chi connectivity index (χ4n) is 1.92. The number of anilines is 1. The average Bonchev–Trinajstić information content (AvgIpc) is 2.53. The van der Waals surface area contributed by atoms with Crippen LogP contribution in [0.2, 0.25) is 0 Å². The van der Waals surface area contributed by atoms with Crippen molar-refractivity contribution >= 4 is 22.8 Å². The Morgan fingerprint density at radius 2 is 2.00 bits per heavy atom. The van der Waals surface area contributed by atoms with Crippen molar-refractivity contribution in [1.82, 2.24) is 15.2 Å². The summed E-state index contributed by atoms with van der Waals surface area (Å²) in [6.07, 6.45) is 0.748. The number of rotatable bonds is 2. The lowest BCUT2D eigenvalue weighted by Gasteiger charge is -2.08. The number of carbonyl (C=O) groups is 1. The minimum atomic E-state index is -0.804. The van der Waals surface area contributed by atoms with Crippen molar-refractivity contribution in [3.63, 3.8) is 0 Å². The van der Waals surface area contributed by atoms with Crippen molar-refractivity contribution in [3.05, 3.63) is 48.2 Å². The number of pyridine rings is 1. The van der Waals surface area contributed by atoms with E-state index >= 15 is 0 Å². The number of aromatic hydroxyl groups is 1. The number of nitrogens with zero attached hydrogens (tertiary/aromatic N) is 3. The van der Waals surface area contributed by atoms with E-state index in [9.17, 15) is 9.90 Å². The quantitative estimate of drug-likeness (QED) is 0.754. The van der Waals surface area contributed by atoms with Gasteiger partial charge < -0.3 is 9.84 Å². The summed E-state index contributed by atoms with van der Waals surface area (Å²) in [6.45, 7) is 1.80. The maximum absolute atomic E-state index is 11.9. The lowest BCUT2D eigenvalue weighted by atomic mass is 10.2. The first-order valence-corrected chi connectivity index (χ1v) is 6.50. The fraction of sp³-hybridized carbons (Fsp3) is 0.0667. The van der Waals surface area contributed by atoms with Crippen molar-refractivity contribution < 1.29 is 14.6 Å². The van der Waals surface area contributed by atoms with Gasteiger partial charge in [0.2, 0.25) is 0 Å². The van der Waals surface area contributed by atoms with Crippen LogP contribution in [0.25, 0.3) is 10.9 Å². The molecule has 0 aliphatic rings. The number of aryl methyl sites for hydroxylation is 1. The highest BCUT2D eigenvalue weighted by Gasteiger charge is 2.15. The smallest absolute Gasteiger partial charge is 0.419 e. The van der Waals surface area contributed by atoms with E-state index in [0.29, 0.717) is 16.7 Å². The zero-order chi connectivity index (χ0) is 15.5. The van der Waals surface area contributed by atoms with Crippen LogP contribution in [-0.4, -0.2) is 26.4 Å². The van der Waals surface area contributed by atoms with Gasteiger partial charge in [-0.05, 0) is 30.7 Å². The van der Waals surface area contributed by atoms with Crippen LogP contribution in [0.1, 0.15) is 5.56 Å². The average molecular weight is 296 g/mol. The van der Waals surface area contributed by atoms with Gasteiger partial charge in [0, 0.05) is 11.6 Å². The molecule has 1 amide bonds. The third kappa shape index (κ3) is 2.64. The van der Waals surface area contributed by atoms with E-state index in [1.807, 2.05) is 0 Å². The molecule has 0 fully saturated rings. The van der Waals surface area contributed by atoms with Crippen LogP contribution in [0.3, 0.4) is 0 Å². The minimum Gasteiger partial charge on any atom is -0.503 e. The lowest BCUT2D eigenvalue weighted by Crippen LogP contribution is -2.19. The highest BCUT2D eigenvalue weighted by Crippen LogP contribution is 2.30. The number of fused-ring (bicyclic) bond motifs is 1. The molecule has 7 heteroatoms. The summed E-state index contributed by atoms with van der Waals surface area (Å²) in [7, 11) is 0. The van der Waals surface area contributed by atoms with Gasteiger partial charge in [-0.25, -0.2) is 9.78 Å². The first-order chi connectivity index (χ1) is 10.6. The Morgan fingerprint density at radius 1 is 1.18 bits per heavy atom. The summed E-state index contributed by atoms with van der Waals surface area (Å²) < 4.78 is 5.00. The van der Waals surface area contributed by atoms with Crippen molar-refractivity contribution in [2.45, 2.75) is 6.92 Å². The van der Waals surface area contributed by atoms with Gasteiger partial charge in [0.15, 0.2) is 5.75 Å². The van der Waals surface area contributed by atoms with Crippen LogP contribution in [0, 0.1) is 6.92 Å². The Hall–Kier alpha value is -3.22. The summed E-state index contributed by atoms with van der Waals surface area (Å²) >= 11 is 0. The molecule has 110 valence electrons. The Kier molecular flexibility index (Phi) is 3.53. The number of hydrogen-bond donors (Lipinski definition) is 2. The first-order valence-electron chi connectivity index (χ1n) is 6.50. The van der Waals surface area contributed by atoms with Gasteiger partial charge in [0.05, 0.1) is 5.52 Å². The minimum absolute atomic E-state index is 0.238. The Bertz CT molecular complexity index is 851. The fourth-order valence-corrected chi connectivity index (χ4v) is 1.92. The van der Waals surface area contributed by atoms with Crippen molar-refractivity contribution in [2.24, 2.45) is 0 Å². The van der Waals surface area contributed by atoms with Crippen molar-refractivity contribution in [3.8, 4) is 11.6 Å². The lowest BCUT2D eigenvalue weighted by molar-refractivity contribution is 0.210. The highest BCUT2D eigenvalue weighted by atomic mass is 16.6. The number of carbonyl (C=O) groups excluding carboxylic acids is 1. The number of benzene rings is 1. The second-order valence-corrected chi connectivity index (χ2v) is 4.55. The van der Waals surface area contributed by atoms with E-state index in [2.05, 4.69) is 20.5 Å². The number of aromatic nitrogens is 3. The summed E-state index contributed by atoms with van der Waals surface area (Å²) in [5, 5.41) is 20.6.